The summed E-state index contributed by atoms with van der Waals surface area (Å²) in [5, 5.41) is 82.3. The maximum absolute atomic E-state index is 16.4. The van der Waals surface area contributed by atoms with Crippen LogP contribution in [0.15, 0.2) is 22.5 Å². The van der Waals surface area contributed by atoms with Crippen LogP contribution in [-0.4, -0.2) is 38.4 Å². The molecule has 0 saturated carbocycles. The zero-order chi connectivity index (χ0) is 56.5. The van der Waals surface area contributed by atoms with E-state index >= 15 is 10.2 Å². The third kappa shape index (κ3) is 2.64. The highest BCUT2D eigenvalue weighted by Gasteiger charge is 2.87. The molecule has 11 heteroatoms. The molecule has 0 amide bonds. The zero-order valence-corrected chi connectivity index (χ0v) is 48.6. The van der Waals surface area contributed by atoms with Crippen molar-refractivity contribution in [1.29, 1.82) is 0 Å². The molecule has 0 fully saturated rings. The Balaban J connectivity index is 1.07. The molecular weight excluding hydrogens is 1090 g/mol. The van der Waals surface area contributed by atoms with Crippen LogP contribution in [-0.2, 0) is 71.8 Å². The monoisotopic (exact) mass is 1130 g/mol. The van der Waals surface area contributed by atoms with Crippen molar-refractivity contribution < 1.29 is 54.1 Å². The zero-order valence-electron chi connectivity index (χ0n) is 48.6. The van der Waals surface area contributed by atoms with Gasteiger partial charge in [0.15, 0.2) is 17.0 Å². The third-order valence-corrected chi connectivity index (χ3v) is 25.9. The maximum Gasteiger partial charge on any atom is 0.276 e. The van der Waals surface area contributed by atoms with E-state index in [2.05, 4.69) is 0 Å². The van der Waals surface area contributed by atoms with Gasteiger partial charge in [-0.25, -0.2) is 39.1 Å². The molecule has 0 spiro atoms. The number of benzene rings is 15. The average molecular weight is 1130 g/mol. The molecule has 0 saturated heterocycles. The second kappa shape index (κ2) is 9.41. The molecule has 21 aromatic rings. The van der Waals surface area contributed by atoms with Crippen molar-refractivity contribution in [3.63, 3.8) is 0 Å². The summed E-state index contributed by atoms with van der Waals surface area (Å²) in [4.78, 5) is 60.6. The highest BCUT2D eigenvalue weighted by Crippen LogP contribution is 2.89. The predicted octanol–water partition coefficient (Wildman–Crippen LogP) is 16.7. The highest BCUT2D eigenvalue weighted by molar-refractivity contribution is 6.77. The van der Waals surface area contributed by atoms with Crippen molar-refractivity contribution in [2.45, 2.75) is 139 Å². The van der Waals surface area contributed by atoms with Gasteiger partial charge in [0.1, 0.15) is 5.60 Å². The lowest BCUT2D eigenvalue weighted by Gasteiger charge is -2.62. The molecule has 0 unspecified atom stereocenters. The Labute approximate surface area is 484 Å². The van der Waals surface area contributed by atoms with Gasteiger partial charge in [-0.3, -0.25) is 0 Å². The summed E-state index contributed by atoms with van der Waals surface area (Å²) in [6.45, 7) is 24.3. The summed E-state index contributed by atoms with van der Waals surface area (Å²) in [6.07, 6.45) is 0. The predicted molar refractivity (Wildman–Crippen MR) is 332 cm³/mol. The van der Waals surface area contributed by atoms with Gasteiger partial charge in [-0.05, 0) is 299 Å². The lowest BCUT2D eigenvalue weighted by Crippen LogP contribution is -2.69. The first kappa shape index (κ1) is 40.8. The van der Waals surface area contributed by atoms with Crippen LogP contribution in [0.25, 0.3) is 215 Å². The van der Waals surface area contributed by atoms with Crippen LogP contribution in [0.5, 0.6) is 0 Å². The van der Waals surface area contributed by atoms with Crippen LogP contribution < -0.4 is 0 Å². The van der Waals surface area contributed by atoms with Gasteiger partial charge in [0.2, 0.25) is 11.2 Å². The second-order valence-corrected chi connectivity index (χ2v) is 33.5. The molecule has 2 N–H and O–H groups in total. The maximum atomic E-state index is 16.4. The van der Waals surface area contributed by atoms with E-state index in [1.165, 1.54) is 162 Å². The first-order valence-electron chi connectivity index (χ1n) is 31.4. The summed E-state index contributed by atoms with van der Waals surface area (Å²) in [7, 11) is 0. The number of hydrogen-bond acceptors (Lipinski definition) is 11. The Morgan fingerprint density at radius 3 is 0.828 bits per heavy atom. The van der Waals surface area contributed by atoms with E-state index in [1.54, 1.807) is 0 Å². The van der Waals surface area contributed by atoms with E-state index in [-0.39, 0.29) is 5.76 Å². The molecule has 6 atom stereocenters. The quantitative estimate of drug-likeness (QED) is 0.0859. The van der Waals surface area contributed by atoms with E-state index in [0.29, 0.717) is 16.7 Å². The molecule has 9 aliphatic carbocycles. The van der Waals surface area contributed by atoms with Crippen LogP contribution >= 0.6 is 0 Å². The van der Waals surface area contributed by atoms with E-state index in [1.807, 2.05) is 83.1 Å². The molecular formula is C76H38O11. The van der Waals surface area contributed by atoms with E-state index < -0.39 is 56.2 Å². The molecule has 31 rings (SSSR count). The van der Waals surface area contributed by atoms with Gasteiger partial charge in [0.05, 0.1) is 28.0 Å². The molecule has 408 valence electrons. The lowest BCUT2D eigenvalue weighted by atomic mass is 9.50. The fourth-order valence-corrected chi connectivity index (χ4v) is 25.3. The largest absolute Gasteiger partial charge is 0.454 e. The Kier molecular flexibility index (Phi) is 4.41. The van der Waals surface area contributed by atoms with Crippen molar-refractivity contribution in [3.8, 4) is 0 Å². The van der Waals surface area contributed by atoms with Crippen molar-refractivity contribution in [1.82, 2.24) is 0 Å². The minimum Gasteiger partial charge on any atom is -0.454 e. The number of hydrogen-bond donors (Lipinski definition) is 2. The second-order valence-electron chi connectivity index (χ2n) is 33.5. The van der Waals surface area contributed by atoms with E-state index in [0.717, 1.165) is 109 Å². The number of ether oxygens (including phenoxy) is 1. The van der Waals surface area contributed by atoms with Gasteiger partial charge in [-0.1, -0.05) is 0 Å². The van der Waals surface area contributed by atoms with Crippen LogP contribution in [0, 0.1) is 0 Å². The summed E-state index contributed by atoms with van der Waals surface area (Å²) in [5.74, 6) is -2.33. The molecule has 0 radical (unpaired) electrons. The van der Waals surface area contributed by atoms with Gasteiger partial charge in [0, 0.05) is 66.8 Å². The Bertz CT molecular complexity index is 7390. The van der Waals surface area contributed by atoms with Crippen molar-refractivity contribution in [2.24, 2.45) is 0 Å². The standard InChI is InChI=1S/C76H38O11/c1-67(2,3)80-84-72-55-45-35-25-18-13-14-16-17-15(13)20-27(25)37-38-28(20)30-22(17)32-31-21(16)29-26-19(14)24-23(18)33(35)43-44-34(24)36(26)46-49-39(29)41(31)51-52-42(32)40(30)50-48(38)58(57(72)47(37)45)74(86-82-69(7,8)9)60(50)62(52)75(87-83-70(10,11)12)61(51)59(49)73(85-81-68(4,5)6)56(46)54(44)71(77,53(43)55)63-64(72)66(74)79-76(75,78)65(63)73/h77-78H,1-12H3/t71-,72+,73-,74+,75-,76+/m1/s1. The summed E-state index contributed by atoms with van der Waals surface area (Å²) in [6, 6.07) is 0. The lowest BCUT2D eigenvalue weighted by molar-refractivity contribution is -0.458. The molecule has 0 aromatic heterocycles. The number of aliphatic hydroxyl groups is 2. The normalized spacial score (nSPS) is 29.2. The first-order valence-corrected chi connectivity index (χ1v) is 31.4. The molecule has 87 heavy (non-hydrogen) atoms. The van der Waals surface area contributed by atoms with E-state index in [4.69, 9.17) is 43.8 Å². The van der Waals surface area contributed by atoms with Gasteiger partial charge in [-0.15, -0.1) is 0 Å². The van der Waals surface area contributed by atoms with E-state index in [9.17, 15) is 0 Å². The van der Waals surface area contributed by atoms with Crippen LogP contribution in [0.2, 0.25) is 0 Å². The smallest absolute Gasteiger partial charge is 0.276 e. The third-order valence-electron chi connectivity index (χ3n) is 25.9. The molecule has 11 nitrogen and oxygen atoms in total. The van der Waals surface area contributed by atoms with Crippen LogP contribution in [0.4, 0.5) is 0 Å². The van der Waals surface area contributed by atoms with Crippen molar-refractivity contribution in [2.75, 3.05) is 0 Å². The fraction of sp³-hybridized carbons (Fsp3) is 0.289. The highest BCUT2D eigenvalue weighted by atomic mass is 17.2. The molecule has 1 heterocycles. The number of fused-ring (bicyclic) bond motifs is 5. The van der Waals surface area contributed by atoms with Gasteiger partial charge in [0.25, 0.3) is 5.79 Å². The summed E-state index contributed by atoms with van der Waals surface area (Å²) >= 11 is 0. The SMILES string of the molecule is CC(C)(C)OO[C@@]12C3=C4C5=C6O[C@]3(O)[C@@]3(OOC(C)(C)C)c7c1c1c8c2c2c9c%10c(c%11c%12c%13c(c%14c%15c%16c(c3c3c7c7c1c1c%17c8c9c8c9c%10c%12c%10c%12c%13c%15c%13c%15c%16c3c3c7c1c1c(c8%17)c(c9%10)c(c%12%13)c1c%153)[C@]6%14OOC(C)(C)C)[C@]5%11OOC(C)(C)C)[C@]42O. The van der Waals surface area contributed by atoms with Gasteiger partial charge >= 0.3 is 0 Å². The number of rotatable bonds is 8. The van der Waals surface area contributed by atoms with Crippen LogP contribution in [0.1, 0.15) is 139 Å². The Hall–Kier alpha value is -7.62. The molecule has 21 aromatic carbocycles. The first-order chi connectivity index (χ1) is 41.5. The molecule has 10 aliphatic rings. The van der Waals surface area contributed by atoms with Crippen molar-refractivity contribution in [3.05, 3.63) is 78.1 Å². The summed E-state index contributed by atoms with van der Waals surface area (Å²) in [5.41, 5.74) is -3.34. The molecule has 1 aliphatic heterocycles. The van der Waals surface area contributed by atoms with Crippen LogP contribution in [0.3, 0.4) is 0 Å². The average Bonchev–Trinajstić information content (AvgIpc) is 1.38. The topological polar surface area (TPSA) is 124 Å². The molecule has 0 bridgehead atoms. The van der Waals surface area contributed by atoms with Crippen molar-refractivity contribution >= 4 is 215 Å². The van der Waals surface area contributed by atoms with Gasteiger partial charge in [-0.2, -0.15) is 0 Å². The minimum absolute atomic E-state index is 0.278. The minimum atomic E-state index is -2.61. The fourth-order valence-electron chi connectivity index (χ4n) is 25.3. The Morgan fingerprint density at radius 2 is 0.483 bits per heavy atom. The summed E-state index contributed by atoms with van der Waals surface area (Å²) < 4.78 is 8.49. The van der Waals surface area contributed by atoms with Gasteiger partial charge < -0.3 is 14.9 Å². The Morgan fingerprint density at radius 1 is 0.253 bits per heavy atom.